The first kappa shape index (κ1) is 19.0. The molecule has 0 saturated carbocycles. The summed E-state index contributed by atoms with van der Waals surface area (Å²) < 4.78 is 11.0. The summed E-state index contributed by atoms with van der Waals surface area (Å²) >= 11 is 0. The largest absolute Gasteiger partial charge is 0.361 e. The Labute approximate surface area is 175 Å². The van der Waals surface area contributed by atoms with Crippen LogP contribution in [0.2, 0.25) is 0 Å². The molecule has 0 saturated heterocycles. The van der Waals surface area contributed by atoms with Crippen LogP contribution in [0.5, 0.6) is 0 Å². The molecule has 0 atom stereocenters. The molecule has 0 aliphatic carbocycles. The Kier molecular flexibility index (Phi) is 4.17. The van der Waals surface area contributed by atoms with Gasteiger partial charge in [-0.2, -0.15) is 5.10 Å². The predicted molar refractivity (Wildman–Crippen MR) is 113 cm³/mol. The number of hydrogen-bond acceptors (Lipinski definition) is 6. The third-order valence-electron chi connectivity index (χ3n) is 5.51. The molecule has 4 heterocycles. The first-order chi connectivity index (χ1) is 14.8. The van der Waals surface area contributed by atoms with Crippen molar-refractivity contribution in [3.8, 4) is 0 Å². The molecule has 1 aromatic carbocycles. The molecule has 10 nitrogen and oxygen atoms in total. The fourth-order valence-corrected chi connectivity index (χ4v) is 3.79. The van der Waals surface area contributed by atoms with Crippen LogP contribution in [-0.2, 0) is 20.1 Å². The summed E-state index contributed by atoms with van der Waals surface area (Å²) in [5.41, 5.74) is 3.55. The lowest BCUT2D eigenvalue weighted by Crippen LogP contribution is -2.26. The highest BCUT2D eigenvalue weighted by atomic mass is 16.5. The highest BCUT2D eigenvalue weighted by Crippen LogP contribution is 2.15. The highest BCUT2D eigenvalue weighted by Gasteiger charge is 2.21. The number of aryl methyl sites for hydroxylation is 4. The van der Waals surface area contributed by atoms with Crippen molar-refractivity contribution in [3.63, 3.8) is 0 Å². The SMILES string of the molecule is Cc1ccc(Cn2c(=O)c3nn(C)cc3n3c(=O)n(Cc4c(C)noc4C)nc23)cc1. The van der Waals surface area contributed by atoms with E-state index in [9.17, 15) is 9.59 Å². The Morgan fingerprint density at radius 2 is 1.74 bits per heavy atom. The van der Waals surface area contributed by atoms with Crippen molar-refractivity contribution in [2.24, 2.45) is 7.05 Å². The van der Waals surface area contributed by atoms with Crippen molar-refractivity contribution < 1.29 is 4.52 Å². The van der Waals surface area contributed by atoms with Gasteiger partial charge in [0.2, 0.25) is 5.78 Å². The molecular weight excluding hydrogens is 398 g/mol. The molecule has 5 rings (SSSR count). The van der Waals surface area contributed by atoms with Crippen LogP contribution in [0.1, 0.15) is 28.1 Å². The van der Waals surface area contributed by atoms with Gasteiger partial charge in [0.1, 0.15) is 11.3 Å². The van der Waals surface area contributed by atoms with Crippen LogP contribution in [0, 0.1) is 20.8 Å². The molecule has 0 spiro atoms. The predicted octanol–water partition coefficient (Wildman–Crippen LogP) is 1.55. The standard InChI is InChI=1S/C21H21N7O3/c1-12-5-7-15(8-6-12)9-26-19(29)18-17(11-25(4)22-18)28-20(26)23-27(21(28)30)10-16-13(2)24-31-14(16)3/h5-8,11H,9-10H2,1-4H3. The summed E-state index contributed by atoms with van der Waals surface area (Å²) in [5.74, 6) is 0.896. The van der Waals surface area contributed by atoms with Crippen LogP contribution in [0.3, 0.4) is 0 Å². The average molecular weight is 419 g/mol. The van der Waals surface area contributed by atoms with Gasteiger partial charge in [-0.25, -0.2) is 13.9 Å². The van der Waals surface area contributed by atoms with E-state index in [4.69, 9.17) is 4.52 Å². The molecule has 0 radical (unpaired) electrons. The molecule has 0 amide bonds. The normalized spacial score (nSPS) is 11.7. The number of hydrogen-bond donors (Lipinski definition) is 0. The zero-order valence-electron chi connectivity index (χ0n) is 17.7. The summed E-state index contributed by atoms with van der Waals surface area (Å²) in [6, 6.07) is 7.89. The van der Waals surface area contributed by atoms with E-state index >= 15 is 0 Å². The maximum absolute atomic E-state index is 13.3. The summed E-state index contributed by atoms with van der Waals surface area (Å²) in [6.07, 6.45) is 1.66. The summed E-state index contributed by atoms with van der Waals surface area (Å²) in [6.45, 7) is 6.09. The first-order valence-electron chi connectivity index (χ1n) is 9.86. The van der Waals surface area contributed by atoms with Gasteiger partial charge in [-0.05, 0) is 26.3 Å². The zero-order valence-corrected chi connectivity index (χ0v) is 17.7. The molecule has 0 unspecified atom stereocenters. The second-order valence-corrected chi connectivity index (χ2v) is 7.79. The quantitative estimate of drug-likeness (QED) is 0.438. The van der Waals surface area contributed by atoms with Crippen molar-refractivity contribution in [1.29, 1.82) is 0 Å². The zero-order chi connectivity index (χ0) is 21.9. The molecular formula is C21H21N7O3. The molecule has 4 aromatic heterocycles. The molecule has 0 aliphatic rings. The van der Waals surface area contributed by atoms with Crippen molar-refractivity contribution >= 4 is 16.8 Å². The van der Waals surface area contributed by atoms with E-state index in [1.807, 2.05) is 38.1 Å². The lowest BCUT2D eigenvalue weighted by atomic mass is 10.1. The lowest BCUT2D eigenvalue weighted by Gasteiger charge is -2.07. The molecule has 158 valence electrons. The van der Waals surface area contributed by atoms with E-state index in [0.717, 1.165) is 16.7 Å². The van der Waals surface area contributed by atoms with Gasteiger partial charge in [0.05, 0.1) is 18.8 Å². The summed E-state index contributed by atoms with van der Waals surface area (Å²) in [5, 5.41) is 12.8. The molecule has 0 bridgehead atoms. The first-order valence-corrected chi connectivity index (χ1v) is 9.86. The third kappa shape index (κ3) is 2.98. The topological polar surface area (TPSA) is 105 Å². The fraction of sp³-hybridized carbons (Fsp3) is 0.286. The van der Waals surface area contributed by atoms with E-state index in [2.05, 4.69) is 15.4 Å². The number of rotatable bonds is 4. The van der Waals surface area contributed by atoms with Crippen molar-refractivity contribution in [2.45, 2.75) is 33.9 Å². The van der Waals surface area contributed by atoms with E-state index in [0.29, 0.717) is 17.0 Å². The van der Waals surface area contributed by atoms with Crippen LogP contribution < -0.4 is 11.2 Å². The number of benzene rings is 1. The van der Waals surface area contributed by atoms with Gasteiger partial charge in [0, 0.05) is 18.8 Å². The van der Waals surface area contributed by atoms with Crippen LogP contribution in [0.25, 0.3) is 16.8 Å². The number of aromatic nitrogens is 7. The van der Waals surface area contributed by atoms with Gasteiger partial charge >= 0.3 is 5.69 Å². The van der Waals surface area contributed by atoms with Crippen LogP contribution in [-0.4, -0.2) is 33.7 Å². The van der Waals surface area contributed by atoms with Gasteiger partial charge in [0.15, 0.2) is 5.52 Å². The minimum absolute atomic E-state index is 0.197. The Morgan fingerprint density at radius 3 is 2.42 bits per heavy atom. The summed E-state index contributed by atoms with van der Waals surface area (Å²) in [7, 11) is 1.72. The molecule has 0 fully saturated rings. The van der Waals surface area contributed by atoms with E-state index in [1.165, 1.54) is 18.3 Å². The number of fused-ring (bicyclic) bond motifs is 3. The summed E-state index contributed by atoms with van der Waals surface area (Å²) in [4.78, 5) is 26.6. The minimum atomic E-state index is -0.356. The average Bonchev–Trinajstić information content (AvgIpc) is 3.38. The maximum Gasteiger partial charge on any atom is 0.352 e. The van der Waals surface area contributed by atoms with Gasteiger partial charge in [-0.1, -0.05) is 35.0 Å². The Morgan fingerprint density at radius 1 is 1.00 bits per heavy atom. The second-order valence-electron chi connectivity index (χ2n) is 7.79. The molecule has 31 heavy (non-hydrogen) atoms. The Bertz CT molecular complexity index is 1540. The Balaban J connectivity index is 1.77. The van der Waals surface area contributed by atoms with Crippen LogP contribution in [0.15, 0.2) is 44.6 Å². The van der Waals surface area contributed by atoms with Gasteiger partial charge in [-0.15, -0.1) is 5.10 Å². The monoisotopic (exact) mass is 419 g/mol. The van der Waals surface area contributed by atoms with Gasteiger partial charge in [0.25, 0.3) is 5.56 Å². The molecule has 5 aromatic rings. The lowest BCUT2D eigenvalue weighted by molar-refractivity contribution is 0.391. The van der Waals surface area contributed by atoms with Crippen LogP contribution in [0.4, 0.5) is 0 Å². The van der Waals surface area contributed by atoms with Crippen molar-refractivity contribution in [1.82, 2.24) is 33.7 Å². The maximum atomic E-state index is 13.3. The second kappa shape index (κ2) is 6.79. The molecule has 0 N–H and O–H groups in total. The smallest absolute Gasteiger partial charge is 0.352 e. The third-order valence-corrected chi connectivity index (χ3v) is 5.51. The van der Waals surface area contributed by atoms with E-state index in [-0.39, 0.29) is 35.6 Å². The molecule has 10 heteroatoms. The van der Waals surface area contributed by atoms with Crippen LogP contribution >= 0.6 is 0 Å². The Hall–Kier alpha value is -3.95. The molecule has 0 aliphatic heterocycles. The van der Waals surface area contributed by atoms with Crippen molar-refractivity contribution in [3.05, 3.63) is 79.4 Å². The number of nitrogens with zero attached hydrogens (tertiary/aromatic N) is 7. The highest BCUT2D eigenvalue weighted by molar-refractivity contribution is 5.75. The van der Waals surface area contributed by atoms with Gasteiger partial charge < -0.3 is 4.52 Å². The fourth-order valence-electron chi connectivity index (χ4n) is 3.79. The van der Waals surface area contributed by atoms with Crippen molar-refractivity contribution in [2.75, 3.05) is 0 Å². The van der Waals surface area contributed by atoms with Gasteiger partial charge in [-0.3, -0.25) is 14.0 Å². The van der Waals surface area contributed by atoms with E-state index in [1.54, 1.807) is 20.2 Å². The minimum Gasteiger partial charge on any atom is -0.361 e. The van der Waals surface area contributed by atoms with E-state index < -0.39 is 0 Å².